The molecule has 0 saturated carbocycles. The molecule has 3 nitrogen and oxygen atoms in total. The molecule has 1 amide bonds. The second-order valence-corrected chi connectivity index (χ2v) is 3.59. The Bertz CT molecular complexity index is 369. The monoisotopic (exact) mass is 228 g/mol. The minimum absolute atomic E-state index is 0.0915. The maximum absolute atomic E-state index is 12.0. The van der Waals surface area contributed by atoms with Crippen molar-refractivity contribution in [3.63, 3.8) is 0 Å². The van der Waals surface area contributed by atoms with Crippen LogP contribution in [0.5, 0.6) is 0 Å². The van der Waals surface area contributed by atoms with Gasteiger partial charge in [-0.15, -0.1) is 0 Å². The predicted octanol–water partition coefficient (Wildman–Crippen LogP) is 1.53. The first-order valence-electron chi connectivity index (χ1n) is 4.85. The fourth-order valence-electron chi connectivity index (χ4n) is 1.32. The quantitative estimate of drug-likeness (QED) is 0.794. The van der Waals surface area contributed by atoms with E-state index in [1.165, 1.54) is 7.05 Å². The van der Waals surface area contributed by atoms with Gasteiger partial charge in [-0.25, -0.2) is 8.78 Å². The van der Waals surface area contributed by atoms with Gasteiger partial charge < -0.3 is 10.6 Å². The van der Waals surface area contributed by atoms with E-state index in [1.807, 2.05) is 0 Å². The first-order chi connectivity index (χ1) is 7.49. The highest BCUT2D eigenvalue weighted by atomic mass is 19.3. The fraction of sp³-hybridized carbons (Fsp3) is 0.364. The molecule has 88 valence electrons. The maximum Gasteiger partial charge on any atom is 0.255 e. The summed E-state index contributed by atoms with van der Waals surface area (Å²) in [6, 6.07) is 6.83. The average molecular weight is 228 g/mol. The van der Waals surface area contributed by atoms with Crippen molar-refractivity contribution in [2.75, 3.05) is 19.3 Å². The third kappa shape index (κ3) is 3.84. The summed E-state index contributed by atoms with van der Waals surface area (Å²) in [5, 5.41) is 0. The zero-order valence-corrected chi connectivity index (χ0v) is 8.99. The van der Waals surface area contributed by atoms with E-state index in [0.29, 0.717) is 5.69 Å². The van der Waals surface area contributed by atoms with Crippen molar-refractivity contribution in [3.05, 3.63) is 29.8 Å². The van der Waals surface area contributed by atoms with Crippen LogP contribution in [0.25, 0.3) is 0 Å². The van der Waals surface area contributed by atoms with Crippen molar-refractivity contribution in [3.8, 4) is 0 Å². The minimum Gasteiger partial charge on any atom is -0.399 e. The highest BCUT2D eigenvalue weighted by molar-refractivity contribution is 5.78. The van der Waals surface area contributed by atoms with Crippen molar-refractivity contribution in [1.82, 2.24) is 4.90 Å². The van der Waals surface area contributed by atoms with Gasteiger partial charge in [-0.2, -0.15) is 0 Å². The average Bonchev–Trinajstić information content (AvgIpc) is 2.16. The Morgan fingerprint density at radius 3 is 2.75 bits per heavy atom. The molecule has 0 spiro atoms. The molecule has 5 heteroatoms. The molecular weight excluding hydrogens is 214 g/mol. The number of benzene rings is 1. The zero-order chi connectivity index (χ0) is 12.1. The van der Waals surface area contributed by atoms with E-state index >= 15 is 0 Å². The molecular formula is C11H14F2N2O. The van der Waals surface area contributed by atoms with Gasteiger partial charge in [0.15, 0.2) is 0 Å². The van der Waals surface area contributed by atoms with Crippen molar-refractivity contribution >= 4 is 11.6 Å². The Labute approximate surface area is 92.8 Å². The highest BCUT2D eigenvalue weighted by Crippen LogP contribution is 2.08. The van der Waals surface area contributed by atoms with Crippen LogP contribution in [0.2, 0.25) is 0 Å². The highest BCUT2D eigenvalue weighted by Gasteiger charge is 2.14. The van der Waals surface area contributed by atoms with Crippen molar-refractivity contribution in [2.45, 2.75) is 12.8 Å². The topological polar surface area (TPSA) is 46.3 Å². The Hall–Kier alpha value is -1.65. The number of hydrogen-bond acceptors (Lipinski definition) is 2. The molecule has 1 aromatic carbocycles. The van der Waals surface area contributed by atoms with Gasteiger partial charge in [0.1, 0.15) is 0 Å². The summed E-state index contributed by atoms with van der Waals surface area (Å²) in [6.07, 6.45) is -2.41. The van der Waals surface area contributed by atoms with Gasteiger partial charge >= 0.3 is 0 Å². The number of carbonyl (C=O) groups is 1. The lowest BCUT2D eigenvalue weighted by molar-refractivity contribution is -0.130. The minimum atomic E-state index is -2.50. The molecule has 2 N–H and O–H groups in total. The summed E-state index contributed by atoms with van der Waals surface area (Å²) in [7, 11) is 1.36. The first-order valence-corrected chi connectivity index (χ1v) is 4.85. The van der Waals surface area contributed by atoms with Crippen LogP contribution in [0.4, 0.5) is 14.5 Å². The standard InChI is InChI=1S/C11H14F2N2O/c1-15(7-10(12)13)11(16)6-8-3-2-4-9(14)5-8/h2-5,10H,6-7,14H2,1H3. The number of nitrogen functional groups attached to an aromatic ring is 1. The Balaban J connectivity index is 2.57. The zero-order valence-electron chi connectivity index (χ0n) is 8.99. The van der Waals surface area contributed by atoms with Crippen LogP contribution in [-0.4, -0.2) is 30.8 Å². The summed E-state index contributed by atoms with van der Waals surface area (Å²) in [6.45, 7) is -0.541. The molecule has 16 heavy (non-hydrogen) atoms. The summed E-state index contributed by atoms with van der Waals surface area (Å²) in [4.78, 5) is 12.5. The molecule has 0 fully saturated rings. The van der Waals surface area contributed by atoms with Gasteiger partial charge in [0, 0.05) is 12.7 Å². The molecule has 0 aliphatic rings. The van der Waals surface area contributed by atoms with E-state index in [1.54, 1.807) is 24.3 Å². The molecule has 0 aliphatic carbocycles. The third-order valence-corrected chi connectivity index (χ3v) is 2.14. The number of anilines is 1. The van der Waals surface area contributed by atoms with Crippen LogP contribution in [0.1, 0.15) is 5.56 Å². The SMILES string of the molecule is CN(CC(F)F)C(=O)Cc1cccc(N)c1. The van der Waals surface area contributed by atoms with Crippen molar-refractivity contribution in [2.24, 2.45) is 0 Å². The molecule has 0 radical (unpaired) electrons. The van der Waals surface area contributed by atoms with Crippen molar-refractivity contribution < 1.29 is 13.6 Å². The van der Waals surface area contributed by atoms with Crippen LogP contribution in [-0.2, 0) is 11.2 Å². The largest absolute Gasteiger partial charge is 0.399 e. The summed E-state index contributed by atoms with van der Waals surface area (Å²) in [5.41, 5.74) is 6.83. The van der Waals surface area contributed by atoms with Crippen LogP contribution in [0, 0.1) is 0 Å². The Morgan fingerprint density at radius 2 is 2.19 bits per heavy atom. The summed E-state index contributed by atoms with van der Waals surface area (Å²) in [5.74, 6) is -0.342. The lowest BCUT2D eigenvalue weighted by Crippen LogP contribution is -2.32. The molecule has 0 aromatic heterocycles. The van der Waals surface area contributed by atoms with Crippen molar-refractivity contribution in [1.29, 1.82) is 0 Å². The van der Waals surface area contributed by atoms with Crippen LogP contribution in [0.15, 0.2) is 24.3 Å². The van der Waals surface area contributed by atoms with E-state index in [9.17, 15) is 13.6 Å². The molecule has 1 aromatic rings. The van der Waals surface area contributed by atoms with Crippen LogP contribution >= 0.6 is 0 Å². The molecule has 0 heterocycles. The second kappa shape index (κ2) is 5.44. The van der Waals surface area contributed by atoms with Gasteiger partial charge in [0.05, 0.1) is 13.0 Å². The van der Waals surface area contributed by atoms with E-state index in [0.717, 1.165) is 10.5 Å². The number of carbonyl (C=O) groups excluding carboxylic acids is 1. The number of halogens is 2. The van der Waals surface area contributed by atoms with E-state index in [2.05, 4.69) is 0 Å². The van der Waals surface area contributed by atoms with E-state index < -0.39 is 13.0 Å². The molecule has 1 rings (SSSR count). The molecule has 0 aliphatic heterocycles. The van der Waals surface area contributed by atoms with Crippen LogP contribution in [0.3, 0.4) is 0 Å². The molecule has 0 unspecified atom stereocenters. The predicted molar refractivity (Wildman–Crippen MR) is 58.2 cm³/mol. The molecule has 0 atom stereocenters. The van der Waals surface area contributed by atoms with Gasteiger partial charge in [-0.05, 0) is 17.7 Å². The number of hydrogen-bond donors (Lipinski definition) is 1. The first kappa shape index (κ1) is 12.4. The van der Waals surface area contributed by atoms with E-state index in [-0.39, 0.29) is 12.3 Å². The number of likely N-dealkylation sites (N-methyl/N-ethyl adjacent to an activating group) is 1. The Kier molecular flexibility index (Phi) is 4.22. The Morgan fingerprint density at radius 1 is 1.50 bits per heavy atom. The normalized spacial score (nSPS) is 10.5. The molecule has 0 bridgehead atoms. The van der Waals surface area contributed by atoms with Gasteiger partial charge in [0.25, 0.3) is 6.43 Å². The molecule has 0 saturated heterocycles. The fourth-order valence-corrected chi connectivity index (χ4v) is 1.32. The number of nitrogens with zero attached hydrogens (tertiary/aromatic N) is 1. The van der Waals surface area contributed by atoms with Gasteiger partial charge in [-0.3, -0.25) is 4.79 Å². The van der Waals surface area contributed by atoms with Gasteiger partial charge in [0.2, 0.25) is 5.91 Å². The third-order valence-electron chi connectivity index (χ3n) is 2.14. The number of alkyl halides is 2. The summed E-state index contributed by atoms with van der Waals surface area (Å²) >= 11 is 0. The number of amides is 1. The van der Waals surface area contributed by atoms with Crippen LogP contribution < -0.4 is 5.73 Å². The lowest BCUT2D eigenvalue weighted by atomic mass is 10.1. The lowest BCUT2D eigenvalue weighted by Gasteiger charge is -2.16. The number of nitrogens with two attached hydrogens (primary N) is 1. The second-order valence-electron chi connectivity index (χ2n) is 3.59. The van der Waals surface area contributed by atoms with Gasteiger partial charge in [-0.1, -0.05) is 12.1 Å². The summed E-state index contributed by atoms with van der Waals surface area (Å²) < 4.78 is 24.1. The maximum atomic E-state index is 12.0. The van der Waals surface area contributed by atoms with E-state index in [4.69, 9.17) is 5.73 Å². The smallest absolute Gasteiger partial charge is 0.255 e. The number of rotatable bonds is 4.